The Hall–Kier alpha value is -2.61. The molecule has 0 unspecified atom stereocenters. The monoisotopic (exact) mass is 405 g/mol. The molecule has 1 heterocycles. The van der Waals surface area contributed by atoms with E-state index in [4.69, 9.17) is 0 Å². The summed E-state index contributed by atoms with van der Waals surface area (Å²) in [5, 5.41) is 0. The number of nitrogens with zero attached hydrogens (tertiary/aromatic N) is 3. The van der Waals surface area contributed by atoms with Crippen molar-refractivity contribution in [2.45, 2.75) is 6.92 Å². The van der Waals surface area contributed by atoms with E-state index in [1.165, 1.54) is 23.5 Å². The summed E-state index contributed by atoms with van der Waals surface area (Å²) in [4.78, 5) is 16.8. The number of hydrogen-bond donors (Lipinski definition) is 0. The van der Waals surface area contributed by atoms with Gasteiger partial charge in [-0.1, -0.05) is 6.07 Å². The molecule has 0 aliphatic carbocycles. The van der Waals surface area contributed by atoms with Crippen molar-refractivity contribution in [1.82, 2.24) is 4.90 Å². The van der Waals surface area contributed by atoms with Gasteiger partial charge in [-0.15, -0.1) is 0 Å². The van der Waals surface area contributed by atoms with Crippen LogP contribution in [0.4, 0.5) is 15.8 Å². The molecule has 150 valence electrons. The SMILES string of the molecule is Cc1ccc(C(=O)N2CCN(c3ccc(F)cc3)CC2)cc1N(C)S(C)(=O)=O. The molecule has 0 atom stereocenters. The number of amides is 1. The van der Waals surface area contributed by atoms with Crippen LogP contribution >= 0.6 is 0 Å². The van der Waals surface area contributed by atoms with Crippen molar-refractivity contribution in [1.29, 1.82) is 0 Å². The molecule has 0 aromatic heterocycles. The summed E-state index contributed by atoms with van der Waals surface area (Å²) in [6, 6.07) is 11.5. The second kappa shape index (κ2) is 7.79. The van der Waals surface area contributed by atoms with Crippen LogP contribution in [0, 0.1) is 12.7 Å². The van der Waals surface area contributed by atoms with E-state index >= 15 is 0 Å². The normalized spacial score (nSPS) is 14.9. The van der Waals surface area contributed by atoms with Gasteiger partial charge in [-0.2, -0.15) is 0 Å². The van der Waals surface area contributed by atoms with Crippen molar-refractivity contribution < 1.29 is 17.6 Å². The van der Waals surface area contributed by atoms with Gasteiger partial charge >= 0.3 is 0 Å². The van der Waals surface area contributed by atoms with Crippen LogP contribution in [0.15, 0.2) is 42.5 Å². The third kappa shape index (κ3) is 4.27. The first kappa shape index (κ1) is 20.1. The first-order valence-electron chi connectivity index (χ1n) is 9.01. The maximum Gasteiger partial charge on any atom is 0.254 e. The fourth-order valence-electron chi connectivity index (χ4n) is 3.26. The first-order chi connectivity index (χ1) is 13.2. The molecule has 8 heteroatoms. The lowest BCUT2D eigenvalue weighted by molar-refractivity contribution is 0.0747. The van der Waals surface area contributed by atoms with E-state index in [1.807, 2.05) is 6.92 Å². The van der Waals surface area contributed by atoms with E-state index in [-0.39, 0.29) is 11.7 Å². The highest BCUT2D eigenvalue weighted by atomic mass is 32.2. The van der Waals surface area contributed by atoms with Gasteiger partial charge in [0.05, 0.1) is 11.9 Å². The Morgan fingerprint density at radius 3 is 2.21 bits per heavy atom. The number of hydrogen-bond acceptors (Lipinski definition) is 4. The smallest absolute Gasteiger partial charge is 0.254 e. The Bertz CT molecular complexity index is 969. The van der Waals surface area contributed by atoms with Crippen LogP contribution in [0.1, 0.15) is 15.9 Å². The highest BCUT2D eigenvalue weighted by molar-refractivity contribution is 7.92. The standard InChI is InChI=1S/C20H24FN3O3S/c1-15-4-5-16(14-19(15)22(2)28(3,26)27)20(25)24-12-10-23(11-13-24)18-8-6-17(21)7-9-18/h4-9,14H,10-13H2,1-3H3. The largest absolute Gasteiger partial charge is 0.368 e. The summed E-state index contributed by atoms with van der Waals surface area (Å²) in [6.07, 6.45) is 1.13. The summed E-state index contributed by atoms with van der Waals surface area (Å²) < 4.78 is 38.0. The number of carbonyl (C=O) groups excluding carboxylic acids is 1. The van der Waals surface area contributed by atoms with Crippen LogP contribution in [0.5, 0.6) is 0 Å². The average Bonchev–Trinajstić information content (AvgIpc) is 2.67. The van der Waals surface area contributed by atoms with Gasteiger partial charge in [0, 0.05) is 44.5 Å². The molecule has 1 aliphatic heterocycles. The van der Waals surface area contributed by atoms with Gasteiger partial charge in [0.25, 0.3) is 5.91 Å². The zero-order valence-corrected chi connectivity index (χ0v) is 17.0. The Labute approximate surface area is 165 Å². The topological polar surface area (TPSA) is 60.9 Å². The van der Waals surface area contributed by atoms with E-state index in [0.29, 0.717) is 37.4 Å². The zero-order valence-electron chi connectivity index (χ0n) is 16.2. The minimum atomic E-state index is -3.41. The maximum absolute atomic E-state index is 13.1. The third-order valence-electron chi connectivity index (χ3n) is 5.05. The number of rotatable bonds is 4. The fraction of sp³-hybridized carbons (Fsp3) is 0.350. The van der Waals surface area contributed by atoms with Crippen molar-refractivity contribution in [2.24, 2.45) is 0 Å². The fourth-order valence-corrected chi connectivity index (χ4v) is 3.82. The van der Waals surface area contributed by atoms with Crippen LogP contribution in [-0.4, -0.2) is 58.7 Å². The van der Waals surface area contributed by atoms with Crippen LogP contribution in [0.3, 0.4) is 0 Å². The number of anilines is 2. The van der Waals surface area contributed by atoms with Crippen LogP contribution in [0.25, 0.3) is 0 Å². The summed E-state index contributed by atoms with van der Waals surface area (Å²) in [7, 11) is -1.93. The van der Waals surface area contributed by atoms with Crippen molar-refractivity contribution in [2.75, 3.05) is 48.7 Å². The lowest BCUT2D eigenvalue weighted by Crippen LogP contribution is -2.48. The number of sulfonamides is 1. The Morgan fingerprint density at radius 1 is 1.04 bits per heavy atom. The molecule has 0 saturated carbocycles. The predicted octanol–water partition coefficient (Wildman–Crippen LogP) is 2.49. The molecule has 28 heavy (non-hydrogen) atoms. The molecule has 1 aliphatic rings. The summed E-state index contributed by atoms with van der Waals surface area (Å²) >= 11 is 0. The third-order valence-corrected chi connectivity index (χ3v) is 6.24. The van der Waals surface area contributed by atoms with Crippen molar-refractivity contribution in [3.05, 3.63) is 59.4 Å². The molecule has 3 rings (SSSR count). The number of piperazine rings is 1. The number of benzene rings is 2. The highest BCUT2D eigenvalue weighted by Gasteiger charge is 2.24. The molecular formula is C20H24FN3O3S. The predicted molar refractivity (Wildman–Crippen MR) is 109 cm³/mol. The van der Waals surface area contributed by atoms with Gasteiger partial charge in [0.15, 0.2) is 0 Å². The van der Waals surface area contributed by atoms with Crippen molar-refractivity contribution in [3.63, 3.8) is 0 Å². The van der Waals surface area contributed by atoms with E-state index in [2.05, 4.69) is 4.90 Å². The molecule has 0 radical (unpaired) electrons. The van der Waals surface area contributed by atoms with Gasteiger partial charge in [-0.25, -0.2) is 12.8 Å². The molecule has 1 saturated heterocycles. The summed E-state index contributed by atoms with van der Waals surface area (Å²) in [5.74, 6) is -0.395. The number of aryl methyl sites for hydroxylation is 1. The molecule has 0 spiro atoms. The Morgan fingerprint density at radius 2 is 1.64 bits per heavy atom. The van der Waals surface area contributed by atoms with Crippen molar-refractivity contribution >= 4 is 27.3 Å². The minimum Gasteiger partial charge on any atom is -0.368 e. The molecule has 0 N–H and O–H groups in total. The maximum atomic E-state index is 13.1. The summed E-state index contributed by atoms with van der Waals surface area (Å²) in [6.45, 7) is 4.20. The van der Waals surface area contributed by atoms with Crippen molar-refractivity contribution in [3.8, 4) is 0 Å². The second-order valence-electron chi connectivity index (χ2n) is 6.99. The lowest BCUT2D eigenvalue weighted by atomic mass is 10.1. The molecule has 2 aromatic rings. The highest BCUT2D eigenvalue weighted by Crippen LogP contribution is 2.24. The van der Waals surface area contributed by atoms with E-state index in [9.17, 15) is 17.6 Å². The molecule has 1 fully saturated rings. The van der Waals surface area contributed by atoms with E-state index in [0.717, 1.165) is 17.5 Å². The first-order valence-corrected chi connectivity index (χ1v) is 10.9. The zero-order chi connectivity index (χ0) is 20.5. The van der Waals surface area contributed by atoms with E-state index < -0.39 is 10.0 Å². The molecule has 2 aromatic carbocycles. The van der Waals surface area contributed by atoms with Gasteiger partial charge < -0.3 is 9.80 Å². The van der Waals surface area contributed by atoms with Gasteiger partial charge in [0.2, 0.25) is 10.0 Å². The van der Waals surface area contributed by atoms with Gasteiger partial charge in [-0.05, 0) is 48.9 Å². The molecular weight excluding hydrogens is 381 g/mol. The van der Waals surface area contributed by atoms with E-state index in [1.54, 1.807) is 35.2 Å². The minimum absolute atomic E-state index is 0.123. The Balaban J connectivity index is 1.72. The molecule has 6 nitrogen and oxygen atoms in total. The van der Waals surface area contributed by atoms with Gasteiger partial charge in [0.1, 0.15) is 5.82 Å². The molecule has 1 amide bonds. The van der Waals surface area contributed by atoms with Crippen LogP contribution in [0.2, 0.25) is 0 Å². The van der Waals surface area contributed by atoms with Crippen LogP contribution < -0.4 is 9.21 Å². The lowest BCUT2D eigenvalue weighted by Gasteiger charge is -2.36. The summed E-state index contributed by atoms with van der Waals surface area (Å²) in [5.41, 5.74) is 2.68. The van der Waals surface area contributed by atoms with Gasteiger partial charge in [-0.3, -0.25) is 9.10 Å². The number of carbonyl (C=O) groups is 1. The Kier molecular flexibility index (Phi) is 5.60. The van der Waals surface area contributed by atoms with Crippen LogP contribution in [-0.2, 0) is 10.0 Å². The molecule has 0 bridgehead atoms. The quantitative estimate of drug-likeness (QED) is 0.784. The number of halogens is 1. The average molecular weight is 405 g/mol. The second-order valence-corrected chi connectivity index (χ2v) is 9.00.